The Kier molecular flexibility index (Phi) is 4.09. The minimum Gasteiger partial charge on any atom is -0.296 e. The molecular formula is C15H11ClN6S2. The van der Waals surface area contributed by atoms with E-state index in [0.29, 0.717) is 23.0 Å². The van der Waals surface area contributed by atoms with Crippen LogP contribution in [0.15, 0.2) is 36.5 Å². The molecule has 0 spiro atoms. The number of benzene rings is 1. The summed E-state index contributed by atoms with van der Waals surface area (Å²) in [6.07, 6.45) is 1.73. The molecule has 9 heteroatoms. The highest BCUT2D eigenvalue weighted by Crippen LogP contribution is 2.35. The van der Waals surface area contributed by atoms with Gasteiger partial charge in [0.2, 0.25) is 0 Å². The van der Waals surface area contributed by atoms with Gasteiger partial charge in [-0.3, -0.25) is 4.90 Å². The third kappa shape index (κ3) is 2.95. The summed E-state index contributed by atoms with van der Waals surface area (Å²) in [6, 6.07) is 10.1. The molecule has 4 aromatic rings. The van der Waals surface area contributed by atoms with E-state index in [1.165, 1.54) is 23.1 Å². The number of rotatable bonds is 4. The molecule has 0 aliphatic heterocycles. The molecule has 0 radical (unpaired) electrons. The van der Waals surface area contributed by atoms with Crippen LogP contribution < -0.4 is 4.90 Å². The van der Waals surface area contributed by atoms with Crippen molar-refractivity contribution in [3.8, 4) is 0 Å². The molecule has 0 aliphatic rings. The predicted octanol–water partition coefficient (Wildman–Crippen LogP) is 4.24. The number of thiazole rings is 1. The van der Waals surface area contributed by atoms with Crippen LogP contribution in [0.4, 0.5) is 10.9 Å². The number of anilines is 2. The van der Waals surface area contributed by atoms with Gasteiger partial charge in [-0.1, -0.05) is 53.3 Å². The maximum absolute atomic E-state index is 6.21. The topological polar surface area (TPSA) is 67.7 Å². The maximum Gasteiger partial charge on any atom is 0.194 e. The molecule has 1 aromatic carbocycles. The third-order valence-electron chi connectivity index (χ3n) is 3.36. The monoisotopic (exact) mass is 374 g/mol. The summed E-state index contributed by atoms with van der Waals surface area (Å²) in [6.45, 7) is 2.45. The number of nitrogens with zero attached hydrogens (tertiary/aromatic N) is 6. The summed E-state index contributed by atoms with van der Waals surface area (Å²) in [7, 11) is 0. The highest BCUT2D eigenvalue weighted by molar-refractivity contribution is 7.22. The lowest BCUT2D eigenvalue weighted by Crippen LogP contribution is -2.16. The minimum atomic E-state index is 0.371. The third-order valence-corrected chi connectivity index (χ3v) is 5.06. The van der Waals surface area contributed by atoms with Crippen molar-refractivity contribution in [1.82, 2.24) is 23.7 Å². The SMILES string of the molecule is Cc1nc(Cl)c2nc(N(Cc3ccccc3)c3cnsn3)sc2n1. The first-order valence-electron chi connectivity index (χ1n) is 7.10. The summed E-state index contributed by atoms with van der Waals surface area (Å²) in [4.78, 5) is 16.0. The van der Waals surface area contributed by atoms with Gasteiger partial charge in [-0.15, -0.1) is 0 Å². The van der Waals surface area contributed by atoms with E-state index >= 15 is 0 Å². The van der Waals surface area contributed by atoms with Gasteiger partial charge in [0.1, 0.15) is 11.3 Å². The number of fused-ring (bicyclic) bond motifs is 1. The molecule has 0 fully saturated rings. The van der Waals surface area contributed by atoms with Crippen LogP contribution in [0.2, 0.25) is 5.15 Å². The van der Waals surface area contributed by atoms with Gasteiger partial charge >= 0.3 is 0 Å². The van der Waals surface area contributed by atoms with E-state index < -0.39 is 0 Å². The van der Waals surface area contributed by atoms with Crippen LogP contribution in [-0.4, -0.2) is 23.7 Å². The number of aryl methyl sites for hydroxylation is 1. The van der Waals surface area contributed by atoms with E-state index in [1.807, 2.05) is 30.0 Å². The zero-order valence-electron chi connectivity index (χ0n) is 12.5. The summed E-state index contributed by atoms with van der Waals surface area (Å²) < 4.78 is 8.46. The molecule has 3 aromatic heterocycles. The summed E-state index contributed by atoms with van der Waals surface area (Å²) in [5.41, 5.74) is 1.77. The molecule has 0 aliphatic carbocycles. The van der Waals surface area contributed by atoms with Crippen LogP contribution in [0, 0.1) is 6.92 Å². The van der Waals surface area contributed by atoms with Crippen molar-refractivity contribution >= 4 is 56.0 Å². The Balaban J connectivity index is 1.80. The molecule has 0 bridgehead atoms. The van der Waals surface area contributed by atoms with Gasteiger partial charge in [0.15, 0.2) is 20.9 Å². The number of halogens is 1. The Morgan fingerprint density at radius 2 is 1.96 bits per heavy atom. The Morgan fingerprint density at radius 1 is 1.12 bits per heavy atom. The fourth-order valence-corrected chi connectivity index (χ4v) is 4.01. The van der Waals surface area contributed by atoms with E-state index in [1.54, 1.807) is 6.20 Å². The van der Waals surface area contributed by atoms with Gasteiger partial charge in [-0.2, -0.15) is 8.75 Å². The number of hydrogen-bond acceptors (Lipinski definition) is 8. The van der Waals surface area contributed by atoms with Crippen LogP contribution in [0.3, 0.4) is 0 Å². The summed E-state index contributed by atoms with van der Waals surface area (Å²) >= 11 is 8.85. The van der Waals surface area contributed by atoms with E-state index in [0.717, 1.165) is 21.3 Å². The van der Waals surface area contributed by atoms with Gasteiger partial charge < -0.3 is 0 Å². The lowest BCUT2D eigenvalue weighted by molar-refractivity contribution is 0.952. The van der Waals surface area contributed by atoms with Gasteiger partial charge in [-0.25, -0.2) is 15.0 Å². The molecule has 0 N–H and O–H groups in total. The first kappa shape index (κ1) is 15.4. The van der Waals surface area contributed by atoms with Crippen LogP contribution in [-0.2, 0) is 6.54 Å². The smallest absolute Gasteiger partial charge is 0.194 e. The number of hydrogen-bond donors (Lipinski definition) is 0. The molecule has 0 saturated carbocycles. The molecular weight excluding hydrogens is 364 g/mol. The van der Waals surface area contributed by atoms with Crippen molar-refractivity contribution < 1.29 is 0 Å². The van der Waals surface area contributed by atoms with Crippen molar-refractivity contribution in [3.05, 3.63) is 53.1 Å². The van der Waals surface area contributed by atoms with Crippen LogP contribution in [0.1, 0.15) is 11.4 Å². The normalized spacial score (nSPS) is 11.1. The predicted molar refractivity (Wildman–Crippen MR) is 97.2 cm³/mol. The molecule has 24 heavy (non-hydrogen) atoms. The standard InChI is InChI=1S/C15H11ClN6S2/c1-9-18-13(16)12-14(19-9)23-15(20-12)22(11-7-17-24-21-11)8-10-5-3-2-4-6-10/h2-7H,8H2,1H3. The molecule has 0 atom stereocenters. The number of aromatic nitrogens is 5. The van der Waals surface area contributed by atoms with Crippen LogP contribution >= 0.6 is 34.7 Å². The molecule has 0 amide bonds. The zero-order chi connectivity index (χ0) is 16.5. The second-order valence-electron chi connectivity index (χ2n) is 5.05. The Bertz CT molecular complexity index is 970. The minimum absolute atomic E-state index is 0.371. The maximum atomic E-state index is 6.21. The molecule has 3 heterocycles. The van der Waals surface area contributed by atoms with Gasteiger partial charge in [0.05, 0.1) is 24.5 Å². The average molecular weight is 375 g/mol. The zero-order valence-corrected chi connectivity index (χ0v) is 14.9. The van der Waals surface area contributed by atoms with Crippen molar-refractivity contribution in [2.45, 2.75) is 13.5 Å². The fraction of sp³-hybridized carbons (Fsp3) is 0.133. The van der Waals surface area contributed by atoms with Gasteiger partial charge in [0, 0.05) is 0 Å². The Labute approximate surface area is 151 Å². The lowest BCUT2D eigenvalue weighted by atomic mass is 10.2. The van der Waals surface area contributed by atoms with Crippen LogP contribution in [0.5, 0.6) is 0 Å². The second-order valence-corrected chi connectivity index (χ2v) is 6.92. The average Bonchev–Trinajstić information content (AvgIpc) is 3.23. The Morgan fingerprint density at radius 3 is 2.71 bits per heavy atom. The second kappa shape index (κ2) is 6.39. The fourth-order valence-electron chi connectivity index (χ4n) is 2.28. The molecule has 0 saturated heterocycles. The molecule has 0 unspecified atom stereocenters. The first-order chi connectivity index (χ1) is 11.7. The first-order valence-corrected chi connectivity index (χ1v) is 9.03. The van der Waals surface area contributed by atoms with E-state index in [9.17, 15) is 0 Å². The van der Waals surface area contributed by atoms with E-state index in [4.69, 9.17) is 11.6 Å². The molecule has 120 valence electrons. The van der Waals surface area contributed by atoms with Crippen molar-refractivity contribution in [1.29, 1.82) is 0 Å². The Hall–Kier alpha value is -2.16. The van der Waals surface area contributed by atoms with Crippen molar-refractivity contribution in [3.63, 3.8) is 0 Å². The molecule has 4 rings (SSSR count). The van der Waals surface area contributed by atoms with E-state index in [-0.39, 0.29) is 0 Å². The van der Waals surface area contributed by atoms with Gasteiger partial charge in [-0.05, 0) is 12.5 Å². The highest BCUT2D eigenvalue weighted by atomic mass is 35.5. The van der Waals surface area contributed by atoms with Crippen molar-refractivity contribution in [2.75, 3.05) is 4.90 Å². The molecule has 6 nitrogen and oxygen atoms in total. The quantitative estimate of drug-likeness (QED) is 0.498. The lowest BCUT2D eigenvalue weighted by Gasteiger charge is -2.18. The highest BCUT2D eigenvalue weighted by Gasteiger charge is 2.19. The summed E-state index contributed by atoms with van der Waals surface area (Å²) in [5.74, 6) is 1.39. The summed E-state index contributed by atoms with van der Waals surface area (Å²) in [5, 5.41) is 1.14. The van der Waals surface area contributed by atoms with Crippen molar-refractivity contribution in [2.24, 2.45) is 0 Å². The van der Waals surface area contributed by atoms with E-state index in [2.05, 4.69) is 35.8 Å². The van der Waals surface area contributed by atoms with Crippen LogP contribution in [0.25, 0.3) is 10.3 Å². The largest absolute Gasteiger partial charge is 0.296 e. The van der Waals surface area contributed by atoms with Gasteiger partial charge in [0.25, 0.3) is 0 Å².